The molecule has 0 aromatic rings. The van der Waals surface area contributed by atoms with E-state index in [-0.39, 0.29) is 12.2 Å². The van der Waals surface area contributed by atoms with Gasteiger partial charge in [0.2, 0.25) is 0 Å². The number of rotatable bonds is 2. The van der Waals surface area contributed by atoms with Crippen LogP contribution in [-0.2, 0) is 14.3 Å². The Bertz CT molecular complexity index is 332. The number of hydrogen-bond donors (Lipinski definition) is 1. The third kappa shape index (κ3) is 2.86. The van der Waals surface area contributed by atoms with Crippen molar-refractivity contribution in [3.8, 4) is 0 Å². The van der Waals surface area contributed by atoms with Gasteiger partial charge in [-0.25, -0.2) is 0 Å². The highest BCUT2D eigenvalue weighted by atomic mass is 16.6. The summed E-state index contributed by atoms with van der Waals surface area (Å²) in [6, 6.07) is 0. The number of ether oxygens (including phenoxy) is 1. The molecular formula is C13H22O4. The molecule has 0 radical (unpaired) electrons. The number of ketones is 1. The fraction of sp³-hybridized carbons (Fsp3) is 0.846. The first kappa shape index (κ1) is 14.2. The van der Waals surface area contributed by atoms with Crippen LogP contribution in [-0.4, -0.2) is 28.1 Å². The van der Waals surface area contributed by atoms with Gasteiger partial charge >= 0.3 is 5.97 Å². The van der Waals surface area contributed by atoms with E-state index in [0.29, 0.717) is 12.8 Å². The maximum atomic E-state index is 12.2. The van der Waals surface area contributed by atoms with E-state index in [9.17, 15) is 14.7 Å². The minimum atomic E-state index is -1.25. The minimum absolute atomic E-state index is 0.0120. The van der Waals surface area contributed by atoms with Crippen molar-refractivity contribution in [3.63, 3.8) is 0 Å². The largest absolute Gasteiger partial charge is 0.459 e. The molecule has 1 aliphatic rings. The van der Waals surface area contributed by atoms with E-state index in [1.54, 1.807) is 34.6 Å². The SMILES string of the molecule is CC(C)(C)OC(=O)C1(C(C)(C)O)CCC(=O)C1. The first-order valence-corrected chi connectivity index (χ1v) is 5.95. The van der Waals surface area contributed by atoms with Crippen LogP contribution >= 0.6 is 0 Å². The summed E-state index contributed by atoms with van der Waals surface area (Å²) in [7, 11) is 0. The van der Waals surface area contributed by atoms with E-state index in [0.717, 1.165) is 0 Å². The van der Waals surface area contributed by atoms with Gasteiger partial charge in [-0.15, -0.1) is 0 Å². The van der Waals surface area contributed by atoms with Crippen LogP contribution in [0.25, 0.3) is 0 Å². The molecule has 0 saturated heterocycles. The highest BCUT2D eigenvalue weighted by molar-refractivity contribution is 5.91. The van der Waals surface area contributed by atoms with Gasteiger partial charge in [-0.05, 0) is 41.0 Å². The summed E-state index contributed by atoms with van der Waals surface area (Å²) in [6.07, 6.45) is 0.777. The third-order valence-electron chi connectivity index (χ3n) is 3.29. The van der Waals surface area contributed by atoms with Gasteiger partial charge in [0, 0.05) is 12.8 Å². The van der Waals surface area contributed by atoms with Crippen molar-refractivity contribution in [2.75, 3.05) is 0 Å². The molecule has 4 heteroatoms. The molecule has 98 valence electrons. The normalized spacial score (nSPS) is 26.1. The minimum Gasteiger partial charge on any atom is -0.459 e. The highest BCUT2D eigenvalue weighted by Crippen LogP contribution is 2.46. The van der Waals surface area contributed by atoms with E-state index in [4.69, 9.17) is 4.74 Å². The zero-order chi connectivity index (χ0) is 13.5. The van der Waals surface area contributed by atoms with Gasteiger partial charge in [-0.2, -0.15) is 0 Å². The molecule has 0 aromatic heterocycles. The maximum Gasteiger partial charge on any atom is 0.315 e. The topological polar surface area (TPSA) is 63.6 Å². The van der Waals surface area contributed by atoms with Crippen molar-refractivity contribution >= 4 is 11.8 Å². The van der Waals surface area contributed by atoms with Crippen LogP contribution in [0.15, 0.2) is 0 Å². The average Bonchev–Trinajstić information content (AvgIpc) is 2.44. The van der Waals surface area contributed by atoms with E-state index in [2.05, 4.69) is 0 Å². The molecule has 0 amide bonds. The van der Waals surface area contributed by atoms with Crippen LogP contribution in [0.1, 0.15) is 53.9 Å². The number of hydrogen-bond acceptors (Lipinski definition) is 4. The summed E-state index contributed by atoms with van der Waals surface area (Å²) in [5.74, 6) is -0.457. The van der Waals surface area contributed by atoms with Crippen molar-refractivity contribution < 1.29 is 19.4 Å². The van der Waals surface area contributed by atoms with Gasteiger partial charge < -0.3 is 9.84 Å². The summed E-state index contributed by atoms with van der Waals surface area (Å²) >= 11 is 0. The lowest BCUT2D eigenvalue weighted by molar-refractivity contribution is -0.183. The van der Waals surface area contributed by atoms with E-state index < -0.39 is 22.6 Å². The Kier molecular flexibility index (Phi) is 3.41. The molecule has 1 rings (SSSR count). The van der Waals surface area contributed by atoms with Crippen LogP contribution in [0, 0.1) is 5.41 Å². The number of carbonyl (C=O) groups is 2. The third-order valence-corrected chi connectivity index (χ3v) is 3.29. The Morgan fingerprint density at radius 3 is 2.12 bits per heavy atom. The predicted molar refractivity (Wildman–Crippen MR) is 63.4 cm³/mol. The van der Waals surface area contributed by atoms with Crippen LogP contribution < -0.4 is 0 Å². The molecule has 4 nitrogen and oxygen atoms in total. The molecule has 1 saturated carbocycles. The monoisotopic (exact) mass is 242 g/mol. The zero-order valence-electron chi connectivity index (χ0n) is 11.3. The Labute approximate surface area is 102 Å². The molecule has 1 unspecified atom stereocenters. The lowest BCUT2D eigenvalue weighted by atomic mass is 9.72. The average molecular weight is 242 g/mol. The van der Waals surface area contributed by atoms with Gasteiger partial charge in [-0.3, -0.25) is 9.59 Å². The fourth-order valence-corrected chi connectivity index (χ4v) is 2.19. The first-order valence-electron chi connectivity index (χ1n) is 5.95. The Hall–Kier alpha value is -0.900. The molecule has 0 heterocycles. The van der Waals surface area contributed by atoms with Crippen molar-refractivity contribution in [1.82, 2.24) is 0 Å². The second-order valence-electron chi connectivity index (χ2n) is 6.36. The second kappa shape index (κ2) is 4.09. The van der Waals surface area contributed by atoms with Gasteiger partial charge in [0.25, 0.3) is 0 Å². The zero-order valence-corrected chi connectivity index (χ0v) is 11.3. The highest BCUT2D eigenvalue weighted by Gasteiger charge is 2.56. The van der Waals surface area contributed by atoms with Crippen LogP contribution in [0.2, 0.25) is 0 Å². The quantitative estimate of drug-likeness (QED) is 0.750. The molecule has 0 aliphatic heterocycles. The summed E-state index contributed by atoms with van der Waals surface area (Å²) in [4.78, 5) is 23.7. The van der Waals surface area contributed by atoms with E-state index in [1.165, 1.54) is 0 Å². The molecule has 0 aromatic carbocycles. The van der Waals surface area contributed by atoms with Crippen LogP contribution in [0.5, 0.6) is 0 Å². The van der Waals surface area contributed by atoms with Gasteiger partial charge in [0.1, 0.15) is 16.8 Å². The Morgan fingerprint density at radius 2 is 1.82 bits per heavy atom. The fourth-order valence-electron chi connectivity index (χ4n) is 2.19. The Balaban J connectivity index is 3.01. The number of aliphatic hydroxyl groups is 1. The van der Waals surface area contributed by atoms with Crippen LogP contribution in [0.3, 0.4) is 0 Å². The lowest BCUT2D eigenvalue weighted by Gasteiger charge is -2.39. The maximum absolute atomic E-state index is 12.2. The second-order valence-corrected chi connectivity index (χ2v) is 6.36. The van der Waals surface area contributed by atoms with Crippen molar-refractivity contribution in [2.45, 2.75) is 65.1 Å². The summed E-state index contributed by atoms with van der Waals surface area (Å²) < 4.78 is 5.35. The van der Waals surface area contributed by atoms with Gasteiger partial charge in [-0.1, -0.05) is 0 Å². The number of Topliss-reactive ketones (excluding diaryl/α,β-unsaturated/α-hetero) is 1. The number of esters is 1. The molecular weight excluding hydrogens is 220 g/mol. The Morgan fingerprint density at radius 1 is 1.29 bits per heavy atom. The van der Waals surface area contributed by atoms with Crippen molar-refractivity contribution in [3.05, 3.63) is 0 Å². The standard InChI is InChI=1S/C13H22O4/c1-11(2,3)17-10(15)13(12(4,5)16)7-6-9(14)8-13/h16H,6-8H2,1-5H3. The van der Waals surface area contributed by atoms with E-state index in [1.807, 2.05) is 0 Å². The molecule has 0 spiro atoms. The molecule has 1 N–H and O–H groups in total. The number of carbonyl (C=O) groups excluding carboxylic acids is 2. The van der Waals surface area contributed by atoms with Gasteiger partial charge in [0.15, 0.2) is 0 Å². The van der Waals surface area contributed by atoms with Gasteiger partial charge in [0.05, 0.1) is 5.60 Å². The molecule has 17 heavy (non-hydrogen) atoms. The summed E-state index contributed by atoms with van der Waals surface area (Å²) in [6.45, 7) is 8.46. The van der Waals surface area contributed by atoms with Crippen molar-refractivity contribution in [1.29, 1.82) is 0 Å². The summed E-state index contributed by atoms with van der Waals surface area (Å²) in [5, 5.41) is 10.2. The smallest absolute Gasteiger partial charge is 0.315 e. The lowest BCUT2D eigenvalue weighted by Crippen LogP contribution is -2.50. The molecule has 1 aliphatic carbocycles. The molecule has 1 atom stereocenters. The predicted octanol–water partition coefficient (Wildman–Crippen LogP) is 1.84. The van der Waals surface area contributed by atoms with E-state index >= 15 is 0 Å². The van der Waals surface area contributed by atoms with Crippen molar-refractivity contribution in [2.24, 2.45) is 5.41 Å². The molecule has 0 bridgehead atoms. The summed E-state index contributed by atoms with van der Waals surface area (Å²) in [5.41, 5.74) is -2.94. The first-order chi connectivity index (χ1) is 7.48. The van der Waals surface area contributed by atoms with Crippen LogP contribution in [0.4, 0.5) is 0 Å². The molecule has 1 fully saturated rings.